The molecule has 1 spiro atoms. The van der Waals surface area contributed by atoms with E-state index in [0.29, 0.717) is 0 Å². The van der Waals surface area contributed by atoms with E-state index >= 15 is 0 Å². The average Bonchev–Trinajstić information content (AvgIpc) is 3.85. The lowest BCUT2D eigenvalue weighted by Crippen LogP contribution is -2.28. The summed E-state index contributed by atoms with van der Waals surface area (Å²) < 4.78 is 9.04. The number of para-hydroxylation sites is 3. The normalized spacial score (nSPS) is 15.2. The number of nitrogens with zero attached hydrogens (tertiary/aromatic N) is 2. The molecule has 2 heterocycles. The molecule has 3 nitrogen and oxygen atoms in total. The van der Waals surface area contributed by atoms with Gasteiger partial charge < -0.3 is 13.9 Å². The number of hydrogen-bond donors (Lipinski definition) is 0. The van der Waals surface area contributed by atoms with Crippen molar-refractivity contribution in [1.82, 2.24) is 4.57 Å². The molecule has 0 bridgehead atoms. The van der Waals surface area contributed by atoms with Crippen LogP contribution in [-0.4, -0.2) is 4.57 Å². The summed E-state index contributed by atoms with van der Waals surface area (Å²) in [7, 11) is 0. The molecule has 2 aromatic heterocycles. The van der Waals surface area contributed by atoms with E-state index in [1.165, 1.54) is 94.2 Å². The van der Waals surface area contributed by atoms with Gasteiger partial charge in [0.15, 0.2) is 0 Å². The van der Waals surface area contributed by atoms with Gasteiger partial charge >= 0.3 is 0 Å². The fourth-order valence-corrected chi connectivity index (χ4v) is 14.5. The van der Waals surface area contributed by atoms with E-state index < -0.39 is 10.8 Å². The first-order chi connectivity index (χ1) is 38.2. The van der Waals surface area contributed by atoms with Gasteiger partial charge in [-0.2, -0.15) is 0 Å². The van der Waals surface area contributed by atoms with Gasteiger partial charge in [-0.25, -0.2) is 0 Å². The van der Waals surface area contributed by atoms with E-state index in [1.54, 1.807) is 0 Å². The van der Waals surface area contributed by atoms with Gasteiger partial charge in [-0.15, -0.1) is 0 Å². The Kier molecular flexibility index (Phi) is 8.69. The topological polar surface area (TPSA) is 21.3 Å². The van der Waals surface area contributed by atoms with Crippen LogP contribution in [0.3, 0.4) is 0 Å². The van der Waals surface area contributed by atoms with E-state index in [-0.39, 0.29) is 0 Å². The van der Waals surface area contributed by atoms with Crippen molar-refractivity contribution in [3.63, 3.8) is 0 Å². The number of furan rings is 1. The predicted octanol–water partition coefficient (Wildman–Crippen LogP) is 18.9. The minimum Gasteiger partial charge on any atom is -0.456 e. The molecule has 0 aliphatic heterocycles. The van der Waals surface area contributed by atoms with Crippen LogP contribution >= 0.6 is 0 Å². The zero-order valence-corrected chi connectivity index (χ0v) is 41.9. The number of fused-ring (bicyclic) bond motifs is 19. The molecule has 3 heteroatoms. The van der Waals surface area contributed by atoms with Crippen LogP contribution in [0, 0.1) is 0 Å². The quantitative estimate of drug-likeness (QED) is 0.166. The zero-order valence-electron chi connectivity index (χ0n) is 41.9. The molecule has 0 fully saturated rings. The van der Waals surface area contributed by atoms with Crippen LogP contribution in [0.5, 0.6) is 0 Å². The molecule has 0 radical (unpaired) electrons. The molecule has 1 atom stereocenters. The minimum absolute atomic E-state index is 0.585. The van der Waals surface area contributed by atoms with E-state index in [4.69, 9.17) is 4.42 Å². The highest BCUT2D eigenvalue weighted by atomic mass is 16.3. The van der Waals surface area contributed by atoms with Gasteiger partial charge in [0.1, 0.15) is 11.2 Å². The van der Waals surface area contributed by atoms with Crippen molar-refractivity contribution in [3.05, 3.63) is 324 Å². The highest BCUT2D eigenvalue weighted by Crippen LogP contribution is 2.66. The fourth-order valence-electron chi connectivity index (χ4n) is 14.5. The summed E-state index contributed by atoms with van der Waals surface area (Å²) in [5.41, 5.74) is 25.0. The molecule has 14 aromatic rings. The zero-order chi connectivity index (χ0) is 50.4. The van der Waals surface area contributed by atoms with Gasteiger partial charge in [0, 0.05) is 44.2 Å². The van der Waals surface area contributed by atoms with E-state index in [2.05, 4.69) is 289 Å². The molecule has 358 valence electrons. The maximum absolute atomic E-state index is 6.63. The Labute approximate surface area is 445 Å². The predicted molar refractivity (Wildman–Crippen MR) is 316 cm³/mol. The fraction of sp³-hybridized carbons (Fsp3) is 0.0270. The molecule has 12 aromatic carbocycles. The largest absolute Gasteiger partial charge is 0.456 e. The lowest BCUT2D eigenvalue weighted by Gasteiger charge is -2.35. The van der Waals surface area contributed by atoms with Crippen LogP contribution in [0.4, 0.5) is 17.1 Å². The van der Waals surface area contributed by atoms with Gasteiger partial charge in [0.05, 0.1) is 27.6 Å². The number of rotatable bonds is 6. The summed E-state index contributed by atoms with van der Waals surface area (Å²) in [6.07, 6.45) is 0. The van der Waals surface area contributed by atoms with Crippen LogP contribution in [0.15, 0.2) is 283 Å². The van der Waals surface area contributed by atoms with Crippen LogP contribution in [-0.2, 0) is 10.8 Å². The molecule has 1 unspecified atom stereocenters. The van der Waals surface area contributed by atoms with Gasteiger partial charge in [-0.3, -0.25) is 0 Å². The van der Waals surface area contributed by atoms with Crippen LogP contribution in [0.25, 0.3) is 82.8 Å². The van der Waals surface area contributed by atoms with E-state index in [9.17, 15) is 0 Å². The summed E-state index contributed by atoms with van der Waals surface area (Å²) in [6.45, 7) is 0. The Hall–Kier alpha value is -9.96. The average molecular weight is 979 g/mol. The highest BCUT2D eigenvalue weighted by Gasteiger charge is 2.53. The van der Waals surface area contributed by atoms with Gasteiger partial charge in [-0.05, 0) is 145 Å². The maximum Gasteiger partial charge on any atom is 0.136 e. The molecule has 3 aliphatic rings. The first kappa shape index (κ1) is 42.4. The highest BCUT2D eigenvalue weighted by molar-refractivity contribution is 6.12. The monoisotopic (exact) mass is 978 g/mol. The van der Waals surface area contributed by atoms with Crippen LogP contribution < -0.4 is 4.90 Å². The second-order valence-electron chi connectivity index (χ2n) is 21.0. The van der Waals surface area contributed by atoms with Crippen molar-refractivity contribution in [1.29, 1.82) is 0 Å². The Morgan fingerprint density at radius 2 is 0.831 bits per heavy atom. The summed E-state index contributed by atoms with van der Waals surface area (Å²) in [4.78, 5) is 2.57. The Morgan fingerprint density at radius 1 is 0.299 bits per heavy atom. The van der Waals surface area contributed by atoms with Crippen molar-refractivity contribution < 1.29 is 4.42 Å². The summed E-state index contributed by atoms with van der Waals surface area (Å²) >= 11 is 0. The van der Waals surface area contributed by atoms with E-state index in [1.807, 2.05) is 0 Å². The van der Waals surface area contributed by atoms with Crippen molar-refractivity contribution >= 4 is 60.8 Å². The number of hydrogen-bond acceptors (Lipinski definition) is 2. The summed E-state index contributed by atoms with van der Waals surface area (Å²) in [5, 5.41) is 4.68. The Morgan fingerprint density at radius 3 is 1.58 bits per heavy atom. The van der Waals surface area contributed by atoms with Gasteiger partial charge in [-0.1, -0.05) is 206 Å². The smallest absolute Gasteiger partial charge is 0.136 e. The second-order valence-corrected chi connectivity index (χ2v) is 21.0. The van der Waals surface area contributed by atoms with Gasteiger partial charge in [0.2, 0.25) is 0 Å². The lowest BCUT2D eigenvalue weighted by atomic mass is 9.67. The third-order valence-electron chi connectivity index (χ3n) is 17.5. The van der Waals surface area contributed by atoms with Crippen molar-refractivity contribution in [2.45, 2.75) is 10.8 Å². The SMILES string of the molecule is c1ccc(-n2c3ccccc3c3cc(N(c4ccc5c(c4)C(c4ccccc4)(c4ccccc4)c4ccccc4-5)c4cccc5c4-c4ccccc4C54c5ccccc5-c5cc6oc7ccccc7c6cc54)ccc32)cc1. The minimum atomic E-state index is -0.603. The standard InChI is InChI=1S/C74H46N2O/c1-4-21-47(22-5-1)73(48-23-6-2-7-24-48)61-32-15-10-27-52(61)54-41-39-51(44-65(54)73)75(50-40-42-68-59(43-50)55-29-13-18-36-67(55)76(68)49-25-8-3-9-26-49)69-37-20-35-64-72(69)57-31-12-17-34-63(57)74(64)62-33-16-11-28-53(62)58-46-71-60(45-66(58)74)56-30-14-19-38-70(56)77-71/h1-46H. The molecule has 0 amide bonds. The maximum atomic E-state index is 6.63. The third-order valence-corrected chi connectivity index (χ3v) is 17.5. The first-order valence-corrected chi connectivity index (χ1v) is 26.7. The molecule has 77 heavy (non-hydrogen) atoms. The molecular weight excluding hydrogens is 933 g/mol. The third kappa shape index (κ3) is 5.54. The molecule has 0 saturated carbocycles. The number of anilines is 3. The molecular formula is C74H46N2O. The molecule has 0 saturated heterocycles. The van der Waals surface area contributed by atoms with Crippen LogP contribution in [0.1, 0.15) is 44.5 Å². The first-order valence-electron chi connectivity index (χ1n) is 26.7. The van der Waals surface area contributed by atoms with Gasteiger partial charge in [0.25, 0.3) is 0 Å². The van der Waals surface area contributed by atoms with E-state index in [0.717, 1.165) is 50.2 Å². The Balaban J connectivity index is 0.979. The number of benzene rings is 12. The van der Waals surface area contributed by atoms with Crippen molar-refractivity contribution in [2.75, 3.05) is 4.90 Å². The second kappa shape index (κ2) is 15.8. The molecule has 3 aliphatic carbocycles. The van der Waals surface area contributed by atoms with Crippen LogP contribution in [0.2, 0.25) is 0 Å². The van der Waals surface area contributed by atoms with Crippen molar-refractivity contribution in [3.8, 4) is 39.1 Å². The Bertz CT molecular complexity index is 4720. The summed E-state index contributed by atoms with van der Waals surface area (Å²) in [6, 6.07) is 104. The number of aromatic nitrogens is 1. The lowest BCUT2D eigenvalue weighted by molar-refractivity contribution is 0.669. The molecule has 17 rings (SSSR count). The van der Waals surface area contributed by atoms with Crippen molar-refractivity contribution in [2.24, 2.45) is 0 Å². The summed E-state index contributed by atoms with van der Waals surface area (Å²) in [5.74, 6) is 0. The molecule has 0 N–H and O–H groups in total.